The third kappa shape index (κ3) is 15.7. The van der Waals surface area contributed by atoms with E-state index in [2.05, 4.69) is 544 Å². The lowest BCUT2D eigenvalue weighted by atomic mass is 9.91. The molecule has 4 heteroatoms. The van der Waals surface area contributed by atoms with E-state index in [4.69, 9.17) is 0 Å². The van der Waals surface area contributed by atoms with Gasteiger partial charge in [-0.1, -0.05) is 431 Å². The van der Waals surface area contributed by atoms with Crippen LogP contribution in [0, 0.1) is 0 Å². The molecule has 2 heterocycles. The Labute approximate surface area is 799 Å². The first kappa shape index (κ1) is 82.1. The second kappa shape index (κ2) is 36.2. The van der Waals surface area contributed by atoms with Crippen LogP contribution in [0.4, 0.5) is 34.1 Å². The zero-order chi connectivity index (χ0) is 90.2. The molecule has 26 rings (SSSR count). The summed E-state index contributed by atoms with van der Waals surface area (Å²) in [6.45, 7) is 0. The summed E-state index contributed by atoms with van der Waals surface area (Å²) in [5, 5.41) is 21.2. The fourth-order valence-electron chi connectivity index (χ4n) is 20.1. The van der Waals surface area contributed by atoms with Crippen molar-refractivity contribution in [3.8, 4) is 100 Å². The van der Waals surface area contributed by atoms with E-state index in [1.807, 2.05) is 22.7 Å². The third-order valence-electron chi connectivity index (χ3n) is 26.8. The van der Waals surface area contributed by atoms with Crippen molar-refractivity contribution in [1.82, 2.24) is 0 Å². The van der Waals surface area contributed by atoms with E-state index in [-0.39, 0.29) is 0 Å². The van der Waals surface area contributed by atoms with Gasteiger partial charge < -0.3 is 9.80 Å². The Hall–Kier alpha value is -17.1. The van der Waals surface area contributed by atoms with Gasteiger partial charge in [0, 0.05) is 74.3 Å². The number of hydrogen-bond acceptors (Lipinski definition) is 4. The van der Waals surface area contributed by atoms with Crippen molar-refractivity contribution in [2.24, 2.45) is 0 Å². The predicted octanol–water partition coefficient (Wildman–Crippen LogP) is 38.7. The minimum absolute atomic E-state index is 1.08. The molecule has 136 heavy (non-hydrogen) atoms. The van der Waals surface area contributed by atoms with Crippen LogP contribution in [0.2, 0.25) is 0 Å². The maximum absolute atomic E-state index is 2.39. The molecule has 0 aliphatic rings. The summed E-state index contributed by atoms with van der Waals surface area (Å²) in [6, 6.07) is 194. The van der Waals surface area contributed by atoms with Crippen LogP contribution in [0.15, 0.2) is 534 Å². The van der Waals surface area contributed by atoms with Crippen molar-refractivity contribution in [3.05, 3.63) is 534 Å². The van der Waals surface area contributed by atoms with Gasteiger partial charge in [-0.2, -0.15) is 0 Å². The van der Waals surface area contributed by atoms with Gasteiger partial charge in [-0.3, -0.25) is 0 Å². The number of benzene rings is 24. The molecule has 0 N–H and O–H groups in total. The first-order valence-corrected chi connectivity index (χ1v) is 48.2. The van der Waals surface area contributed by atoms with Gasteiger partial charge >= 0.3 is 0 Å². The maximum Gasteiger partial charge on any atom is 0.0540 e. The standard InChI is InChI=1S/C66H48N2.C36H22S.C30H18S/c1-6-16-49(17-7-1)53-26-37-60(38-27-53)67(61-39-28-54(29-40-61)50-18-8-2-9-19-50)62-41-30-56(31-42-62)57-34-45-64(46-35-57)68(63-43-32-55(33-44-63)51-20-10-3-11-21-51)66-47-36-59(52-22-12-4-13-23-52)48-65(66)58-24-14-5-15-25-58;1-2-13-29-27(11-1)28-12-3-4-14-30(28)34-22-24(19-20-31(29)34)23-9-7-10-25(21-23)26-16-8-17-33-32-15-5-6-18-35(32)37-36(26)33;1-2-10-23-21(8-1)22-9-3-4-11-24(22)28-18-19(16-17-25(23)28)20-13-7-14-27-26-12-5-6-15-29(26)31-30(20)27/h1-48H;1-22H;1-18H. The number of hydrogen-bond donors (Lipinski definition) is 0. The monoisotopic (exact) mass is 1760 g/mol. The molecule has 0 unspecified atom stereocenters. The van der Waals surface area contributed by atoms with Gasteiger partial charge in [-0.05, 0) is 262 Å². The van der Waals surface area contributed by atoms with Gasteiger partial charge in [0.15, 0.2) is 0 Å². The summed E-state index contributed by atoms with van der Waals surface area (Å²) in [7, 11) is 0. The lowest BCUT2D eigenvalue weighted by molar-refractivity contribution is 1.28. The molecule has 0 bridgehead atoms. The van der Waals surface area contributed by atoms with E-state index in [0.717, 1.165) is 56.4 Å². The summed E-state index contributed by atoms with van der Waals surface area (Å²) in [6.07, 6.45) is 0. The van der Waals surface area contributed by atoms with Crippen LogP contribution in [0.25, 0.3) is 205 Å². The fourth-order valence-corrected chi connectivity index (χ4v) is 22.6. The van der Waals surface area contributed by atoms with Crippen LogP contribution in [-0.4, -0.2) is 0 Å². The number of nitrogens with zero attached hydrogens (tertiary/aromatic N) is 2. The highest BCUT2D eigenvalue weighted by Gasteiger charge is 2.23. The van der Waals surface area contributed by atoms with Crippen molar-refractivity contribution >= 4 is 162 Å². The molecule has 26 aromatic rings. The molecule has 0 radical (unpaired) electrons. The van der Waals surface area contributed by atoms with E-state index in [9.17, 15) is 0 Å². The van der Waals surface area contributed by atoms with Crippen molar-refractivity contribution in [2.45, 2.75) is 0 Å². The maximum atomic E-state index is 2.39. The van der Waals surface area contributed by atoms with Crippen molar-refractivity contribution in [1.29, 1.82) is 0 Å². The van der Waals surface area contributed by atoms with E-state index < -0.39 is 0 Å². The van der Waals surface area contributed by atoms with Crippen LogP contribution < -0.4 is 9.80 Å². The van der Waals surface area contributed by atoms with E-state index in [1.165, 1.54) is 183 Å². The first-order valence-electron chi connectivity index (χ1n) is 46.6. The van der Waals surface area contributed by atoms with Crippen LogP contribution in [-0.2, 0) is 0 Å². The third-order valence-corrected chi connectivity index (χ3v) is 29.3. The summed E-state index contributed by atoms with van der Waals surface area (Å²) >= 11 is 3.78. The van der Waals surface area contributed by atoms with Crippen LogP contribution in [0.3, 0.4) is 0 Å². The molecule has 638 valence electrons. The van der Waals surface area contributed by atoms with Crippen molar-refractivity contribution in [3.63, 3.8) is 0 Å². The Morgan fingerprint density at radius 3 is 0.721 bits per heavy atom. The molecular weight excluding hydrogens is 1680 g/mol. The highest BCUT2D eigenvalue weighted by Crippen LogP contribution is 2.49. The summed E-state index contributed by atoms with van der Waals surface area (Å²) < 4.78 is 5.42. The first-order chi connectivity index (χ1) is 67.4. The van der Waals surface area contributed by atoms with Gasteiger partial charge in [-0.15, -0.1) is 22.7 Å². The number of fused-ring (bicyclic) bond motifs is 18. The Kier molecular flexibility index (Phi) is 21.9. The van der Waals surface area contributed by atoms with Crippen LogP contribution >= 0.6 is 22.7 Å². The smallest absolute Gasteiger partial charge is 0.0540 e. The zero-order valence-electron chi connectivity index (χ0n) is 74.5. The quantitative estimate of drug-likeness (QED) is 0.0944. The Balaban J connectivity index is 0.000000124. The minimum Gasteiger partial charge on any atom is -0.311 e. The van der Waals surface area contributed by atoms with Crippen molar-refractivity contribution < 1.29 is 0 Å². The van der Waals surface area contributed by atoms with Gasteiger partial charge in [0.1, 0.15) is 0 Å². The SMILES string of the molecule is c1cc(-c2ccc3c4ccccc4c4ccccc4c3c2)cc(-c2cccc3c2sc2ccccc23)c1.c1ccc(-c2ccc(N(c3ccc(-c4ccccc4)cc3)c3ccc(-c4ccc(N(c5ccc(-c6ccccc6)cc5)c5ccc(-c6ccccc6)cc5-c5ccccc5)cc4)cc3)cc2)cc1.c1ccc2c(c1)sc1c(-c3ccc4c5ccccc5c5ccccc5c4c3)cccc12. The van der Waals surface area contributed by atoms with Gasteiger partial charge in [0.25, 0.3) is 0 Å². The predicted molar refractivity (Wildman–Crippen MR) is 588 cm³/mol. The molecule has 0 aliphatic carbocycles. The van der Waals surface area contributed by atoms with Gasteiger partial charge in [0.05, 0.1) is 5.69 Å². The summed E-state index contributed by atoms with van der Waals surface area (Å²) in [5.41, 5.74) is 28.4. The lowest BCUT2D eigenvalue weighted by Crippen LogP contribution is -2.11. The minimum atomic E-state index is 1.08. The second-order valence-corrected chi connectivity index (χ2v) is 36.9. The molecule has 0 saturated heterocycles. The Bertz CT molecular complexity index is 8750. The normalized spacial score (nSPS) is 11.4. The van der Waals surface area contributed by atoms with Crippen LogP contribution in [0.1, 0.15) is 0 Å². The van der Waals surface area contributed by atoms with E-state index in [1.54, 1.807) is 0 Å². The number of anilines is 6. The molecule has 0 aliphatic heterocycles. The number of thiophene rings is 2. The highest BCUT2D eigenvalue weighted by molar-refractivity contribution is 7.26. The lowest BCUT2D eigenvalue weighted by Gasteiger charge is -2.29. The fraction of sp³-hybridized carbons (Fsp3) is 0. The van der Waals surface area contributed by atoms with E-state index in [0.29, 0.717) is 0 Å². The van der Waals surface area contributed by atoms with Crippen LogP contribution in [0.5, 0.6) is 0 Å². The molecule has 0 saturated carbocycles. The van der Waals surface area contributed by atoms with Crippen molar-refractivity contribution in [2.75, 3.05) is 9.80 Å². The second-order valence-electron chi connectivity index (χ2n) is 34.8. The topological polar surface area (TPSA) is 6.48 Å². The molecule has 2 nitrogen and oxygen atoms in total. The van der Waals surface area contributed by atoms with E-state index >= 15 is 0 Å². The number of rotatable bonds is 15. The Morgan fingerprint density at radius 1 is 0.118 bits per heavy atom. The zero-order valence-corrected chi connectivity index (χ0v) is 76.2. The molecule has 0 amide bonds. The average Bonchev–Trinajstić information content (AvgIpc) is 1.15. The molecule has 0 spiro atoms. The molecule has 2 aromatic heterocycles. The largest absolute Gasteiger partial charge is 0.311 e. The molecular formula is C132H88N2S2. The molecule has 0 atom stereocenters. The highest BCUT2D eigenvalue weighted by atomic mass is 32.1. The molecule has 0 fully saturated rings. The average molecular weight is 1770 g/mol. The summed E-state index contributed by atoms with van der Waals surface area (Å²) in [5.74, 6) is 0. The Morgan fingerprint density at radius 2 is 0.346 bits per heavy atom. The summed E-state index contributed by atoms with van der Waals surface area (Å²) in [4.78, 5) is 4.73. The van der Waals surface area contributed by atoms with Gasteiger partial charge in [-0.25, -0.2) is 0 Å². The molecule has 24 aromatic carbocycles. The van der Waals surface area contributed by atoms with Gasteiger partial charge in [0.2, 0.25) is 0 Å².